The van der Waals surface area contributed by atoms with Gasteiger partial charge in [-0.3, -0.25) is 0 Å². The molecule has 1 atom stereocenters. The number of hydrogen-bond acceptors (Lipinski definition) is 3. The lowest BCUT2D eigenvalue weighted by molar-refractivity contribution is 0.413. The van der Waals surface area contributed by atoms with E-state index in [0.29, 0.717) is 4.90 Å². The molecule has 0 spiro atoms. The summed E-state index contributed by atoms with van der Waals surface area (Å²) in [6.45, 7) is 2.93. The first-order valence-electron chi connectivity index (χ1n) is 6.99. The van der Waals surface area contributed by atoms with E-state index in [1.807, 2.05) is 30.3 Å². The zero-order chi connectivity index (χ0) is 15.1. The number of halogens is 1. The highest BCUT2D eigenvalue weighted by Crippen LogP contribution is 2.28. The quantitative estimate of drug-likeness (QED) is 0.772. The highest BCUT2D eigenvalue weighted by molar-refractivity contribution is 7.99. The van der Waals surface area contributed by atoms with Crippen molar-refractivity contribution in [2.45, 2.75) is 17.9 Å². The molecule has 2 aromatic rings. The number of benzene rings is 2. The molecule has 1 N–H and O–H groups in total. The molecule has 0 aliphatic heterocycles. The topological polar surface area (TPSA) is 21.3 Å². The second-order valence-corrected chi connectivity index (χ2v) is 5.69. The molecule has 1 unspecified atom stereocenters. The Bertz CT molecular complexity index is 576. The molecular weight excluding hydrogens is 285 g/mol. The Kier molecular flexibility index (Phi) is 6.08. The van der Waals surface area contributed by atoms with Crippen molar-refractivity contribution in [3.05, 3.63) is 59.9 Å². The summed E-state index contributed by atoms with van der Waals surface area (Å²) in [6.07, 6.45) is 0. The fraction of sp³-hybridized carbons (Fsp3) is 0.294. The van der Waals surface area contributed by atoms with Crippen molar-refractivity contribution in [1.82, 2.24) is 5.32 Å². The Balaban J connectivity index is 2.10. The molecule has 0 aliphatic rings. The third-order valence-electron chi connectivity index (χ3n) is 3.19. The van der Waals surface area contributed by atoms with E-state index in [2.05, 4.69) is 18.3 Å². The van der Waals surface area contributed by atoms with Crippen LogP contribution in [0.3, 0.4) is 0 Å². The van der Waals surface area contributed by atoms with Crippen molar-refractivity contribution in [1.29, 1.82) is 0 Å². The molecule has 0 fully saturated rings. The van der Waals surface area contributed by atoms with E-state index >= 15 is 0 Å². The van der Waals surface area contributed by atoms with Crippen molar-refractivity contribution in [3.8, 4) is 5.75 Å². The molecule has 0 amide bonds. The lowest BCUT2D eigenvalue weighted by atomic mass is 10.1. The average Bonchev–Trinajstić information content (AvgIpc) is 2.53. The van der Waals surface area contributed by atoms with Gasteiger partial charge in [0.2, 0.25) is 0 Å². The van der Waals surface area contributed by atoms with Gasteiger partial charge in [-0.15, -0.1) is 11.8 Å². The Morgan fingerprint density at radius 1 is 1.19 bits per heavy atom. The maximum absolute atomic E-state index is 13.7. The lowest BCUT2D eigenvalue weighted by Gasteiger charge is -2.19. The predicted octanol–water partition coefficient (Wildman–Crippen LogP) is 4.28. The van der Waals surface area contributed by atoms with Gasteiger partial charge in [0.15, 0.2) is 0 Å². The van der Waals surface area contributed by atoms with Crippen LogP contribution in [0.15, 0.2) is 53.4 Å². The van der Waals surface area contributed by atoms with E-state index in [4.69, 9.17) is 4.74 Å². The van der Waals surface area contributed by atoms with Gasteiger partial charge in [-0.05, 0) is 36.4 Å². The van der Waals surface area contributed by atoms with E-state index in [0.717, 1.165) is 23.6 Å². The molecule has 0 aliphatic carbocycles. The molecule has 112 valence electrons. The van der Waals surface area contributed by atoms with Crippen molar-refractivity contribution < 1.29 is 9.13 Å². The summed E-state index contributed by atoms with van der Waals surface area (Å²) < 4.78 is 19.0. The Labute approximate surface area is 129 Å². The zero-order valence-corrected chi connectivity index (χ0v) is 13.1. The number of methoxy groups -OCH3 is 1. The summed E-state index contributed by atoms with van der Waals surface area (Å²) in [6, 6.07) is 15.0. The molecule has 2 rings (SSSR count). The van der Waals surface area contributed by atoms with Gasteiger partial charge in [-0.1, -0.05) is 31.2 Å². The van der Waals surface area contributed by atoms with Crippen LogP contribution >= 0.6 is 11.8 Å². The first kappa shape index (κ1) is 15.9. The van der Waals surface area contributed by atoms with Crippen molar-refractivity contribution in [2.24, 2.45) is 0 Å². The molecule has 2 nitrogen and oxygen atoms in total. The summed E-state index contributed by atoms with van der Waals surface area (Å²) in [4.78, 5) is 0.684. The molecular formula is C17H20FNOS. The first-order chi connectivity index (χ1) is 10.2. The van der Waals surface area contributed by atoms with Gasteiger partial charge >= 0.3 is 0 Å². The van der Waals surface area contributed by atoms with Gasteiger partial charge in [0.25, 0.3) is 0 Å². The van der Waals surface area contributed by atoms with E-state index < -0.39 is 0 Å². The third kappa shape index (κ3) is 4.48. The van der Waals surface area contributed by atoms with Gasteiger partial charge in [-0.2, -0.15) is 0 Å². The highest BCUT2D eigenvalue weighted by atomic mass is 32.2. The van der Waals surface area contributed by atoms with E-state index in [1.165, 1.54) is 17.8 Å². The first-order valence-corrected chi connectivity index (χ1v) is 7.97. The van der Waals surface area contributed by atoms with Crippen LogP contribution in [-0.4, -0.2) is 19.4 Å². The zero-order valence-electron chi connectivity index (χ0n) is 12.3. The summed E-state index contributed by atoms with van der Waals surface area (Å²) >= 11 is 1.53. The van der Waals surface area contributed by atoms with Crippen LogP contribution in [0, 0.1) is 5.82 Å². The molecule has 0 saturated carbocycles. The van der Waals surface area contributed by atoms with Crippen LogP contribution in [0.25, 0.3) is 0 Å². The number of nitrogens with one attached hydrogen (secondary N) is 1. The summed E-state index contributed by atoms with van der Waals surface area (Å²) in [5.41, 5.74) is 1.15. The van der Waals surface area contributed by atoms with Crippen LogP contribution in [-0.2, 0) is 0 Å². The normalized spacial score (nSPS) is 12.1. The average molecular weight is 305 g/mol. The molecule has 2 aromatic carbocycles. The fourth-order valence-electron chi connectivity index (χ4n) is 2.11. The van der Waals surface area contributed by atoms with Crippen LogP contribution in [0.1, 0.15) is 18.5 Å². The lowest BCUT2D eigenvalue weighted by Crippen LogP contribution is -2.23. The molecule has 21 heavy (non-hydrogen) atoms. The third-order valence-corrected chi connectivity index (χ3v) is 4.33. The summed E-state index contributed by atoms with van der Waals surface area (Å²) in [5.74, 6) is 1.44. The van der Waals surface area contributed by atoms with Crippen LogP contribution in [0.2, 0.25) is 0 Å². The maximum atomic E-state index is 13.7. The molecule has 0 bridgehead atoms. The smallest absolute Gasteiger partial charge is 0.136 e. The Morgan fingerprint density at radius 3 is 2.71 bits per heavy atom. The van der Waals surface area contributed by atoms with Gasteiger partial charge in [0, 0.05) is 16.7 Å². The number of hydrogen-bond donors (Lipinski definition) is 1. The number of ether oxygens (including phenoxy) is 1. The minimum atomic E-state index is -0.164. The van der Waals surface area contributed by atoms with Crippen LogP contribution in [0.5, 0.6) is 5.75 Å². The van der Waals surface area contributed by atoms with Crippen molar-refractivity contribution in [3.63, 3.8) is 0 Å². The van der Waals surface area contributed by atoms with Crippen molar-refractivity contribution >= 4 is 11.8 Å². The van der Waals surface area contributed by atoms with Crippen molar-refractivity contribution in [2.75, 3.05) is 19.4 Å². The van der Waals surface area contributed by atoms with E-state index in [1.54, 1.807) is 13.2 Å². The highest BCUT2D eigenvalue weighted by Gasteiger charge is 2.13. The van der Waals surface area contributed by atoms with Crippen LogP contribution < -0.4 is 10.1 Å². The standard InChI is InChI=1S/C17H20FNOS/c1-3-19-16(13-7-6-8-14(11-13)20-2)12-21-17-10-5-4-9-15(17)18/h4-11,16,19H,3,12H2,1-2H3. The van der Waals surface area contributed by atoms with E-state index in [9.17, 15) is 4.39 Å². The minimum absolute atomic E-state index is 0.162. The Hall–Kier alpha value is -1.52. The minimum Gasteiger partial charge on any atom is -0.497 e. The van der Waals surface area contributed by atoms with Gasteiger partial charge in [0.1, 0.15) is 11.6 Å². The predicted molar refractivity (Wildman–Crippen MR) is 86.5 cm³/mol. The van der Waals surface area contributed by atoms with Crippen LogP contribution in [0.4, 0.5) is 4.39 Å². The Morgan fingerprint density at radius 2 is 2.00 bits per heavy atom. The summed E-state index contributed by atoms with van der Waals surface area (Å²) in [5, 5.41) is 3.44. The maximum Gasteiger partial charge on any atom is 0.136 e. The largest absolute Gasteiger partial charge is 0.497 e. The second kappa shape index (κ2) is 8.05. The molecule has 4 heteroatoms. The monoisotopic (exact) mass is 305 g/mol. The molecule has 0 heterocycles. The van der Waals surface area contributed by atoms with E-state index in [-0.39, 0.29) is 11.9 Å². The second-order valence-electron chi connectivity index (χ2n) is 4.63. The molecule has 0 saturated heterocycles. The number of rotatable bonds is 7. The number of thioether (sulfide) groups is 1. The summed E-state index contributed by atoms with van der Waals surface area (Å²) in [7, 11) is 1.66. The fourth-order valence-corrected chi connectivity index (χ4v) is 3.15. The molecule has 0 radical (unpaired) electrons. The van der Waals surface area contributed by atoms with Gasteiger partial charge < -0.3 is 10.1 Å². The van der Waals surface area contributed by atoms with Gasteiger partial charge in [0.05, 0.1) is 7.11 Å². The van der Waals surface area contributed by atoms with Gasteiger partial charge in [-0.25, -0.2) is 4.39 Å². The SMILES string of the molecule is CCNC(CSc1ccccc1F)c1cccc(OC)c1. The molecule has 0 aromatic heterocycles.